The number of carboxylic acids is 1. The second-order valence-corrected chi connectivity index (χ2v) is 8.85. The molecule has 1 saturated heterocycles. The van der Waals surface area contributed by atoms with E-state index in [0.717, 1.165) is 12.8 Å². The Balaban J connectivity index is 1.76. The molecule has 0 radical (unpaired) electrons. The van der Waals surface area contributed by atoms with Crippen LogP contribution < -0.4 is 5.32 Å². The fourth-order valence-corrected chi connectivity index (χ4v) is 5.22. The van der Waals surface area contributed by atoms with Crippen LogP contribution in [0.1, 0.15) is 42.5 Å². The molecule has 2 N–H and O–H groups in total. The van der Waals surface area contributed by atoms with Gasteiger partial charge in [-0.2, -0.15) is 0 Å². The maximum atomic E-state index is 12.5. The van der Waals surface area contributed by atoms with Crippen LogP contribution in [0.4, 0.5) is 0 Å². The van der Waals surface area contributed by atoms with Crippen molar-refractivity contribution in [1.29, 1.82) is 0 Å². The van der Waals surface area contributed by atoms with Crippen LogP contribution >= 0.6 is 0 Å². The molecule has 0 spiro atoms. The van der Waals surface area contributed by atoms with E-state index in [1.54, 1.807) is 0 Å². The summed E-state index contributed by atoms with van der Waals surface area (Å²) in [6, 6.07) is 5.67. The minimum Gasteiger partial charge on any atom is -0.479 e. The van der Waals surface area contributed by atoms with Gasteiger partial charge in [0.25, 0.3) is 5.91 Å². The molecule has 1 heterocycles. The summed E-state index contributed by atoms with van der Waals surface area (Å²) in [5.41, 5.74) is -1.20. The second kappa shape index (κ2) is 6.76. The van der Waals surface area contributed by atoms with Crippen LogP contribution in [0.15, 0.2) is 29.2 Å². The third-order valence-corrected chi connectivity index (χ3v) is 7.25. The fraction of sp³-hybridized carbons (Fsp3) is 0.529. The van der Waals surface area contributed by atoms with Crippen molar-refractivity contribution in [3.8, 4) is 0 Å². The molecular weight excluding hydrogens is 346 g/mol. The van der Waals surface area contributed by atoms with Gasteiger partial charge < -0.3 is 15.2 Å². The lowest BCUT2D eigenvalue weighted by atomic mass is 9.98. The number of amides is 1. The molecule has 0 aromatic heterocycles. The lowest BCUT2D eigenvalue weighted by Crippen LogP contribution is -2.55. The summed E-state index contributed by atoms with van der Waals surface area (Å²) in [4.78, 5) is 24.0. The van der Waals surface area contributed by atoms with Crippen LogP contribution in [0.5, 0.6) is 0 Å². The number of hydrogen-bond acceptors (Lipinski definition) is 5. The molecular formula is C17H21NO6S. The van der Waals surface area contributed by atoms with E-state index in [9.17, 15) is 23.1 Å². The number of carbonyl (C=O) groups excluding carboxylic acids is 1. The Hall–Kier alpha value is -1.93. The van der Waals surface area contributed by atoms with Crippen LogP contribution in [-0.2, 0) is 19.4 Å². The molecule has 8 heteroatoms. The zero-order chi connectivity index (χ0) is 18.1. The van der Waals surface area contributed by atoms with Crippen molar-refractivity contribution in [1.82, 2.24) is 5.32 Å². The van der Waals surface area contributed by atoms with E-state index < -0.39 is 27.3 Å². The summed E-state index contributed by atoms with van der Waals surface area (Å²) in [7, 11) is -3.37. The molecule has 7 nitrogen and oxygen atoms in total. The maximum absolute atomic E-state index is 12.5. The highest BCUT2D eigenvalue weighted by Crippen LogP contribution is 2.29. The minimum atomic E-state index is -3.37. The molecule has 1 aliphatic carbocycles. The molecule has 1 aliphatic heterocycles. The van der Waals surface area contributed by atoms with E-state index in [0.29, 0.717) is 12.8 Å². The standard InChI is InChI=1S/C17H21NO6S/c19-15(18-17(16(20)21)9-10-24-11-17)12-5-7-14(8-6-12)25(22,23)13-3-1-2-4-13/h5-8,13H,1-4,9-11H2,(H,18,19)(H,20,21). The monoisotopic (exact) mass is 367 g/mol. The number of rotatable bonds is 5. The van der Waals surface area contributed by atoms with Crippen molar-refractivity contribution < 1.29 is 27.9 Å². The first-order valence-corrected chi connectivity index (χ1v) is 9.87. The Labute approximate surface area is 146 Å². The summed E-state index contributed by atoms with van der Waals surface area (Å²) in [6.45, 7) is 0.188. The first-order chi connectivity index (χ1) is 11.8. The van der Waals surface area contributed by atoms with Gasteiger partial charge >= 0.3 is 5.97 Å². The molecule has 136 valence electrons. The van der Waals surface area contributed by atoms with Crippen LogP contribution in [0.3, 0.4) is 0 Å². The van der Waals surface area contributed by atoms with Crippen LogP contribution in [0.2, 0.25) is 0 Å². The average Bonchev–Trinajstić information content (AvgIpc) is 3.27. The number of sulfone groups is 1. The lowest BCUT2D eigenvalue weighted by Gasteiger charge is -2.23. The SMILES string of the molecule is O=C(NC1(C(=O)O)CCOC1)c1ccc(S(=O)(=O)C2CCCC2)cc1. The van der Waals surface area contributed by atoms with Crippen molar-refractivity contribution in [2.45, 2.75) is 47.8 Å². The summed E-state index contributed by atoms with van der Waals surface area (Å²) in [6.07, 6.45) is 3.38. The van der Waals surface area contributed by atoms with E-state index in [1.807, 2.05) is 0 Å². The van der Waals surface area contributed by atoms with Crippen LogP contribution in [-0.4, -0.2) is 49.4 Å². The molecule has 1 amide bonds. The largest absolute Gasteiger partial charge is 0.479 e. The van der Waals surface area contributed by atoms with Crippen molar-refractivity contribution in [3.63, 3.8) is 0 Å². The molecule has 25 heavy (non-hydrogen) atoms. The third-order valence-electron chi connectivity index (χ3n) is 4.97. The van der Waals surface area contributed by atoms with Gasteiger partial charge in [0, 0.05) is 18.6 Å². The topological polar surface area (TPSA) is 110 Å². The van der Waals surface area contributed by atoms with Crippen molar-refractivity contribution in [2.24, 2.45) is 0 Å². The first kappa shape index (κ1) is 17.9. The quantitative estimate of drug-likeness (QED) is 0.813. The zero-order valence-corrected chi connectivity index (χ0v) is 14.5. The predicted octanol–water partition coefficient (Wildman–Crippen LogP) is 1.38. The minimum absolute atomic E-state index is 0.0811. The Morgan fingerprint density at radius 3 is 2.32 bits per heavy atom. The van der Waals surface area contributed by atoms with Gasteiger partial charge in [-0.1, -0.05) is 12.8 Å². The Bertz CT molecular complexity index is 759. The number of carbonyl (C=O) groups is 2. The summed E-state index contributed by atoms with van der Waals surface area (Å²) in [5, 5.41) is 11.5. The number of hydrogen-bond donors (Lipinski definition) is 2. The predicted molar refractivity (Wildman–Crippen MR) is 89.2 cm³/mol. The zero-order valence-electron chi connectivity index (χ0n) is 13.7. The normalized spacial score (nSPS) is 24.3. The van der Waals surface area contributed by atoms with Gasteiger partial charge in [0.15, 0.2) is 15.4 Å². The molecule has 3 rings (SSSR count). The summed E-state index contributed by atoms with van der Waals surface area (Å²) in [5.74, 6) is -1.70. The first-order valence-electron chi connectivity index (χ1n) is 8.33. The van der Waals surface area contributed by atoms with Crippen molar-refractivity contribution >= 4 is 21.7 Å². The Morgan fingerprint density at radius 2 is 1.80 bits per heavy atom. The van der Waals surface area contributed by atoms with Crippen LogP contribution in [0.25, 0.3) is 0 Å². The average molecular weight is 367 g/mol. The van der Waals surface area contributed by atoms with E-state index in [1.165, 1.54) is 24.3 Å². The van der Waals surface area contributed by atoms with Gasteiger partial charge in [-0.05, 0) is 37.1 Å². The van der Waals surface area contributed by atoms with Gasteiger partial charge in [0.1, 0.15) is 0 Å². The summed E-state index contributed by atoms with van der Waals surface area (Å²) >= 11 is 0. The Kier molecular flexibility index (Phi) is 4.83. The van der Waals surface area contributed by atoms with E-state index in [2.05, 4.69) is 5.32 Å². The lowest BCUT2D eigenvalue weighted by molar-refractivity contribution is -0.144. The smallest absolute Gasteiger partial charge is 0.331 e. The van der Waals surface area contributed by atoms with Gasteiger partial charge in [-0.3, -0.25) is 4.79 Å². The molecule has 1 saturated carbocycles. The molecule has 2 fully saturated rings. The van der Waals surface area contributed by atoms with E-state index in [4.69, 9.17) is 4.74 Å². The molecule has 1 aromatic carbocycles. The van der Waals surface area contributed by atoms with Gasteiger partial charge in [-0.25, -0.2) is 13.2 Å². The van der Waals surface area contributed by atoms with Crippen LogP contribution in [0, 0.1) is 0 Å². The summed E-state index contributed by atoms with van der Waals surface area (Å²) < 4.78 is 30.2. The molecule has 2 aliphatic rings. The number of nitrogens with one attached hydrogen (secondary N) is 1. The Morgan fingerprint density at radius 1 is 1.16 bits per heavy atom. The molecule has 1 atom stereocenters. The highest BCUT2D eigenvalue weighted by Gasteiger charge is 2.44. The highest BCUT2D eigenvalue weighted by atomic mass is 32.2. The number of carboxylic acid groups (broad SMARTS) is 1. The molecule has 1 aromatic rings. The van der Waals surface area contributed by atoms with Gasteiger partial charge in [0.05, 0.1) is 16.8 Å². The van der Waals surface area contributed by atoms with Crippen molar-refractivity contribution in [3.05, 3.63) is 29.8 Å². The molecule has 1 unspecified atom stereocenters. The van der Waals surface area contributed by atoms with Gasteiger partial charge in [0.2, 0.25) is 0 Å². The third kappa shape index (κ3) is 3.41. The number of ether oxygens (including phenoxy) is 1. The second-order valence-electron chi connectivity index (χ2n) is 6.62. The van der Waals surface area contributed by atoms with E-state index >= 15 is 0 Å². The number of aliphatic carboxylic acids is 1. The molecule has 0 bridgehead atoms. The maximum Gasteiger partial charge on any atom is 0.331 e. The van der Waals surface area contributed by atoms with Gasteiger partial charge in [-0.15, -0.1) is 0 Å². The van der Waals surface area contributed by atoms with E-state index in [-0.39, 0.29) is 35.3 Å². The highest BCUT2D eigenvalue weighted by molar-refractivity contribution is 7.92. The van der Waals surface area contributed by atoms with Crippen molar-refractivity contribution in [2.75, 3.05) is 13.2 Å². The number of benzene rings is 1. The fourth-order valence-electron chi connectivity index (χ4n) is 3.36.